The SMILES string of the molecule is Cn1cc(-c2cc(N)c3cnccc3c2)cn1. The van der Waals surface area contributed by atoms with Crippen LogP contribution in [0.4, 0.5) is 5.69 Å². The van der Waals surface area contributed by atoms with Crippen molar-refractivity contribution in [1.29, 1.82) is 0 Å². The van der Waals surface area contributed by atoms with Gasteiger partial charge in [0.25, 0.3) is 0 Å². The van der Waals surface area contributed by atoms with Crippen LogP contribution in [0.25, 0.3) is 21.9 Å². The van der Waals surface area contributed by atoms with Crippen molar-refractivity contribution >= 4 is 16.5 Å². The Hall–Kier alpha value is -2.36. The van der Waals surface area contributed by atoms with Gasteiger partial charge in [-0.3, -0.25) is 9.67 Å². The van der Waals surface area contributed by atoms with Gasteiger partial charge >= 0.3 is 0 Å². The summed E-state index contributed by atoms with van der Waals surface area (Å²) in [4.78, 5) is 4.08. The molecule has 3 aromatic rings. The van der Waals surface area contributed by atoms with E-state index in [1.165, 1.54) is 0 Å². The molecule has 0 spiro atoms. The van der Waals surface area contributed by atoms with Crippen molar-refractivity contribution in [1.82, 2.24) is 14.8 Å². The highest BCUT2D eigenvalue weighted by molar-refractivity contribution is 5.96. The standard InChI is InChI=1S/C13H12N4/c1-17-8-11(6-16-17)10-4-9-2-3-15-7-12(9)13(14)5-10/h2-8H,14H2,1H3. The van der Waals surface area contributed by atoms with Gasteiger partial charge in [-0.2, -0.15) is 5.10 Å². The Bertz CT molecular complexity index is 685. The van der Waals surface area contributed by atoms with Crippen LogP contribution in [0, 0.1) is 0 Å². The predicted octanol–water partition coefficient (Wildman–Crippen LogP) is 2.22. The third kappa shape index (κ3) is 1.63. The number of rotatable bonds is 1. The summed E-state index contributed by atoms with van der Waals surface area (Å²) in [5, 5.41) is 6.25. The number of pyridine rings is 1. The van der Waals surface area contributed by atoms with Crippen LogP contribution in [0.2, 0.25) is 0 Å². The molecule has 0 aliphatic carbocycles. The van der Waals surface area contributed by atoms with E-state index in [1.807, 2.05) is 31.6 Å². The van der Waals surface area contributed by atoms with E-state index in [1.54, 1.807) is 17.1 Å². The van der Waals surface area contributed by atoms with Crippen molar-refractivity contribution in [3.8, 4) is 11.1 Å². The molecule has 0 unspecified atom stereocenters. The van der Waals surface area contributed by atoms with Crippen LogP contribution in [0.3, 0.4) is 0 Å². The minimum absolute atomic E-state index is 0.745. The summed E-state index contributed by atoms with van der Waals surface area (Å²) >= 11 is 0. The second-order valence-corrected chi connectivity index (χ2v) is 4.06. The van der Waals surface area contributed by atoms with Crippen LogP contribution in [-0.2, 0) is 7.05 Å². The number of nitrogens with two attached hydrogens (primary N) is 1. The largest absolute Gasteiger partial charge is 0.398 e. The smallest absolute Gasteiger partial charge is 0.0568 e. The molecule has 0 fully saturated rings. The number of aryl methyl sites for hydroxylation is 1. The number of anilines is 1. The topological polar surface area (TPSA) is 56.7 Å². The van der Waals surface area contributed by atoms with Gasteiger partial charge in [0.05, 0.1) is 6.20 Å². The molecule has 0 saturated heterocycles. The molecular weight excluding hydrogens is 212 g/mol. The monoisotopic (exact) mass is 224 g/mol. The molecule has 4 nitrogen and oxygen atoms in total. The van der Waals surface area contributed by atoms with Gasteiger partial charge in [0.2, 0.25) is 0 Å². The van der Waals surface area contributed by atoms with Crippen LogP contribution in [0.15, 0.2) is 43.0 Å². The fraction of sp³-hybridized carbons (Fsp3) is 0.0769. The van der Waals surface area contributed by atoms with Gasteiger partial charge in [-0.05, 0) is 29.1 Å². The normalized spacial score (nSPS) is 10.9. The van der Waals surface area contributed by atoms with Crippen LogP contribution >= 0.6 is 0 Å². The van der Waals surface area contributed by atoms with E-state index in [2.05, 4.69) is 16.1 Å². The first-order valence-electron chi connectivity index (χ1n) is 5.36. The van der Waals surface area contributed by atoms with Gasteiger partial charge in [-0.25, -0.2) is 0 Å². The lowest BCUT2D eigenvalue weighted by Gasteiger charge is -2.04. The molecule has 2 aromatic heterocycles. The Morgan fingerprint density at radius 2 is 2.06 bits per heavy atom. The molecule has 0 aliphatic heterocycles. The Labute approximate surface area is 98.7 Å². The van der Waals surface area contributed by atoms with Gasteiger partial charge in [0.15, 0.2) is 0 Å². The van der Waals surface area contributed by atoms with Gasteiger partial charge in [0.1, 0.15) is 0 Å². The number of hydrogen-bond acceptors (Lipinski definition) is 3. The third-order valence-corrected chi connectivity index (χ3v) is 2.83. The van der Waals surface area contributed by atoms with Crippen LogP contribution in [-0.4, -0.2) is 14.8 Å². The van der Waals surface area contributed by atoms with Crippen LogP contribution < -0.4 is 5.73 Å². The first kappa shape index (κ1) is 9.84. The van der Waals surface area contributed by atoms with E-state index in [0.29, 0.717) is 0 Å². The quantitative estimate of drug-likeness (QED) is 0.645. The number of hydrogen-bond donors (Lipinski definition) is 1. The van der Waals surface area contributed by atoms with Crippen molar-refractivity contribution in [2.75, 3.05) is 5.73 Å². The highest BCUT2D eigenvalue weighted by atomic mass is 15.2. The highest BCUT2D eigenvalue weighted by Crippen LogP contribution is 2.28. The Kier molecular flexibility index (Phi) is 2.08. The van der Waals surface area contributed by atoms with Crippen molar-refractivity contribution in [3.63, 3.8) is 0 Å². The summed E-state index contributed by atoms with van der Waals surface area (Å²) in [6.07, 6.45) is 7.37. The van der Waals surface area contributed by atoms with Crippen LogP contribution in [0.1, 0.15) is 0 Å². The molecule has 2 N–H and O–H groups in total. The molecule has 0 saturated carbocycles. The maximum atomic E-state index is 6.03. The average molecular weight is 224 g/mol. The molecule has 17 heavy (non-hydrogen) atoms. The second-order valence-electron chi connectivity index (χ2n) is 4.06. The summed E-state index contributed by atoms with van der Waals surface area (Å²) in [6, 6.07) is 6.02. The number of nitrogen functional groups attached to an aromatic ring is 1. The number of nitrogens with zero attached hydrogens (tertiary/aromatic N) is 3. The Balaban J connectivity index is 2.25. The van der Waals surface area contributed by atoms with Gasteiger partial charge in [-0.1, -0.05) is 0 Å². The maximum Gasteiger partial charge on any atom is 0.0568 e. The van der Waals surface area contributed by atoms with Gasteiger partial charge in [0, 0.05) is 42.3 Å². The zero-order valence-corrected chi connectivity index (χ0v) is 9.46. The second kappa shape index (κ2) is 3.59. The lowest BCUT2D eigenvalue weighted by molar-refractivity contribution is 0.768. The molecule has 1 aromatic carbocycles. The first-order valence-corrected chi connectivity index (χ1v) is 5.36. The fourth-order valence-electron chi connectivity index (χ4n) is 1.96. The highest BCUT2D eigenvalue weighted by Gasteiger charge is 2.05. The number of benzene rings is 1. The summed E-state index contributed by atoms with van der Waals surface area (Å²) < 4.78 is 1.78. The first-order chi connectivity index (χ1) is 8.24. The summed E-state index contributed by atoms with van der Waals surface area (Å²) in [6.45, 7) is 0. The lowest BCUT2D eigenvalue weighted by Crippen LogP contribution is -1.89. The van der Waals surface area contributed by atoms with Crippen LogP contribution in [0.5, 0.6) is 0 Å². The summed E-state index contributed by atoms with van der Waals surface area (Å²) in [5.74, 6) is 0. The average Bonchev–Trinajstić information content (AvgIpc) is 2.76. The van der Waals surface area contributed by atoms with Crippen molar-refractivity contribution in [3.05, 3.63) is 43.0 Å². The number of fused-ring (bicyclic) bond motifs is 1. The maximum absolute atomic E-state index is 6.03. The third-order valence-electron chi connectivity index (χ3n) is 2.83. The summed E-state index contributed by atoms with van der Waals surface area (Å²) in [5.41, 5.74) is 8.92. The van der Waals surface area contributed by atoms with E-state index < -0.39 is 0 Å². The van der Waals surface area contributed by atoms with Crippen molar-refractivity contribution in [2.24, 2.45) is 7.05 Å². The number of aromatic nitrogens is 3. The lowest BCUT2D eigenvalue weighted by atomic mass is 10.0. The molecule has 0 radical (unpaired) electrons. The predicted molar refractivity (Wildman–Crippen MR) is 68.4 cm³/mol. The Morgan fingerprint density at radius 3 is 2.82 bits per heavy atom. The molecule has 0 amide bonds. The zero-order valence-electron chi connectivity index (χ0n) is 9.46. The van der Waals surface area contributed by atoms with E-state index in [0.717, 1.165) is 27.6 Å². The molecule has 0 bridgehead atoms. The fourth-order valence-corrected chi connectivity index (χ4v) is 1.96. The minimum atomic E-state index is 0.745. The van der Waals surface area contributed by atoms with Gasteiger partial charge < -0.3 is 5.73 Å². The van der Waals surface area contributed by atoms with E-state index >= 15 is 0 Å². The van der Waals surface area contributed by atoms with E-state index in [9.17, 15) is 0 Å². The van der Waals surface area contributed by atoms with E-state index in [-0.39, 0.29) is 0 Å². The molecule has 0 aliphatic rings. The van der Waals surface area contributed by atoms with E-state index in [4.69, 9.17) is 5.73 Å². The van der Waals surface area contributed by atoms with Crippen molar-refractivity contribution < 1.29 is 0 Å². The van der Waals surface area contributed by atoms with Crippen molar-refractivity contribution in [2.45, 2.75) is 0 Å². The zero-order chi connectivity index (χ0) is 11.8. The molecule has 84 valence electrons. The molecule has 4 heteroatoms. The minimum Gasteiger partial charge on any atom is -0.398 e. The van der Waals surface area contributed by atoms with Gasteiger partial charge in [-0.15, -0.1) is 0 Å². The summed E-state index contributed by atoms with van der Waals surface area (Å²) in [7, 11) is 1.90. The molecule has 2 heterocycles. The molecular formula is C13H12N4. The Morgan fingerprint density at radius 1 is 1.18 bits per heavy atom. The molecule has 0 atom stereocenters. The molecule has 3 rings (SSSR count).